The number of hydrogen-bond donors (Lipinski definition) is 1. The Morgan fingerprint density at radius 2 is 1.70 bits per heavy atom. The standard InChI is InChI=1S/C25H21ClFN3O3/c1-16-23(24(26)30(29-16)15-17-7-9-18(27)10-8-17)25(31)28-19-11-13-20(14-12-19)33-22-6-4-3-5-21(22)32-2/h3-14H,15H2,1-2H3,(H,28,31). The number of methoxy groups -OCH3 is 1. The molecule has 4 aromatic rings. The molecule has 0 saturated carbocycles. The van der Waals surface area contributed by atoms with E-state index in [1.807, 2.05) is 24.3 Å². The van der Waals surface area contributed by atoms with Gasteiger partial charge in [0.05, 0.1) is 24.9 Å². The zero-order chi connectivity index (χ0) is 23.4. The third-order valence-corrected chi connectivity index (χ3v) is 5.33. The van der Waals surface area contributed by atoms with E-state index in [2.05, 4.69) is 10.4 Å². The molecule has 0 atom stereocenters. The third kappa shape index (κ3) is 5.15. The zero-order valence-corrected chi connectivity index (χ0v) is 18.8. The Labute approximate surface area is 195 Å². The first-order valence-electron chi connectivity index (χ1n) is 10.1. The van der Waals surface area contributed by atoms with Gasteiger partial charge in [0, 0.05) is 5.69 Å². The first-order valence-corrected chi connectivity index (χ1v) is 10.5. The van der Waals surface area contributed by atoms with Crippen molar-refractivity contribution < 1.29 is 18.7 Å². The van der Waals surface area contributed by atoms with E-state index in [1.165, 1.54) is 16.8 Å². The number of carbonyl (C=O) groups is 1. The van der Waals surface area contributed by atoms with Crippen LogP contribution in [0.5, 0.6) is 17.2 Å². The van der Waals surface area contributed by atoms with E-state index in [0.29, 0.717) is 35.2 Å². The van der Waals surface area contributed by atoms with Crippen LogP contribution in [-0.4, -0.2) is 22.8 Å². The summed E-state index contributed by atoms with van der Waals surface area (Å²) < 4.78 is 25.8. The number of para-hydroxylation sites is 2. The third-order valence-electron chi connectivity index (χ3n) is 4.95. The number of anilines is 1. The number of amides is 1. The fraction of sp³-hybridized carbons (Fsp3) is 0.120. The van der Waals surface area contributed by atoms with Crippen LogP contribution in [0.3, 0.4) is 0 Å². The summed E-state index contributed by atoms with van der Waals surface area (Å²) in [6.07, 6.45) is 0. The molecule has 0 bridgehead atoms. The second kappa shape index (κ2) is 9.75. The maximum atomic E-state index is 13.1. The highest BCUT2D eigenvalue weighted by Crippen LogP contribution is 2.31. The molecule has 6 nitrogen and oxygen atoms in total. The van der Waals surface area contributed by atoms with Crippen molar-refractivity contribution in [2.45, 2.75) is 13.5 Å². The Balaban J connectivity index is 1.46. The van der Waals surface area contributed by atoms with E-state index in [4.69, 9.17) is 21.1 Å². The van der Waals surface area contributed by atoms with Crippen LogP contribution in [0.2, 0.25) is 5.15 Å². The van der Waals surface area contributed by atoms with Crippen LogP contribution >= 0.6 is 11.6 Å². The Morgan fingerprint density at radius 1 is 1.03 bits per heavy atom. The zero-order valence-electron chi connectivity index (χ0n) is 18.0. The molecule has 3 aromatic carbocycles. The summed E-state index contributed by atoms with van der Waals surface area (Å²) in [6.45, 7) is 2.04. The first kappa shape index (κ1) is 22.4. The quantitative estimate of drug-likeness (QED) is 0.359. The molecule has 33 heavy (non-hydrogen) atoms. The van der Waals surface area contributed by atoms with Crippen molar-refractivity contribution in [1.29, 1.82) is 0 Å². The molecule has 0 unspecified atom stereocenters. The first-order chi connectivity index (χ1) is 15.9. The van der Waals surface area contributed by atoms with Crippen molar-refractivity contribution in [3.05, 3.63) is 101 Å². The molecule has 4 rings (SSSR count). The van der Waals surface area contributed by atoms with E-state index in [0.717, 1.165) is 5.56 Å². The van der Waals surface area contributed by atoms with Crippen LogP contribution in [-0.2, 0) is 6.54 Å². The molecule has 1 heterocycles. The maximum Gasteiger partial charge on any atom is 0.260 e. The lowest BCUT2D eigenvalue weighted by molar-refractivity contribution is 0.102. The van der Waals surface area contributed by atoms with E-state index < -0.39 is 0 Å². The fourth-order valence-corrected chi connectivity index (χ4v) is 3.63. The number of halogens is 2. The minimum Gasteiger partial charge on any atom is -0.493 e. The maximum absolute atomic E-state index is 13.1. The molecule has 0 spiro atoms. The summed E-state index contributed by atoms with van der Waals surface area (Å²) in [5.41, 5.74) is 2.18. The molecule has 168 valence electrons. The van der Waals surface area contributed by atoms with Gasteiger partial charge in [0.15, 0.2) is 11.5 Å². The van der Waals surface area contributed by atoms with Crippen molar-refractivity contribution in [3.63, 3.8) is 0 Å². The van der Waals surface area contributed by atoms with Crippen LogP contribution in [0, 0.1) is 12.7 Å². The Kier molecular flexibility index (Phi) is 6.60. The average molecular weight is 466 g/mol. The highest BCUT2D eigenvalue weighted by Gasteiger charge is 2.20. The normalized spacial score (nSPS) is 10.7. The van der Waals surface area contributed by atoms with Crippen molar-refractivity contribution in [3.8, 4) is 17.2 Å². The average Bonchev–Trinajstić information content (AvgIpc) is 3.09. The molecule has 1 N–H and O–H groups in total. The molecule has 1 amide bonds. The summed E-state index contributed by atoms with van der Waals surface area (Å²) in [7, 11) is 1.58. The van der Waals surface area contributed by atoms with E-state index in [1.54, 1.807) is 50.4 Å². The Morgan fingerprint density at radius 3 is 2.36 bits per heavy atom. The highest BCUT2D eigenvalue weighted by molar-refractivity contribution is 6.33. The minimum atomic E-state index is -0.374. The van der Waals surface area contributed by atoms with Crippen LogP contribution < -0.4 is 14.8 Å². The van der Waals surface area contributed by atoms with Gasteiger partial charge in [-0.3, -0.25) is 4.79 Å². The number of benzene rings is 3. The smallest absolute Gasteiger partial charge is 0.260 e. The molecule has 0 fully saturated rings. The lowest BCUT2D eigenvalue weighted by Crippen LogP contribution is -2.13. The van der Waals surface area contributed by atoms with Gasteiger partial charge in [0.2, 0.25) is 0 Å². The van der Waals surface area contributed by atoms with E-state index in [-0.39, 0.29) is 22.4 Å². The summed E-state index contributed by atoms with van der Waals surface area (Å²) in [5.74, 6) is 1.12. The van der Waals surface area contributed by atoms with Gasteiger partial charge in [-0.2, -0.15) is 5.10 Å². The van der Waals surface area contributed by atoms with Gasteiger partial charge in [-0.15, -0.1) is 0 Å². The molecule has 0 aliphatic carbocycles. The monoisotopic (exact) mass is 465 g/mol. The topological polar surface area (TPSA) is 65.4 Å². The largest absolute Gasteiger partial charge is 0.493 e. The van der Waals surface area contributed by atoms with Crippen LogP contribution in [0.4, 0.5) is 10.1 Å². The van der Waals surface area contributed by atoms with Gasteiger partial charge < -0.3 is 14.8 Å². The second-order valence-corrected chi connectivity index (χ2v) is 7.62. The summed E-state index contributed by atoms with van der Waals surface area (Å²) in [5, 5.41) is 7.41. The van der Waals surface area contributed by atoms with E-state index >= 15 is 0 Å². The molecule has 0 radical (unpaired) electrons. The van der Waals surface area contributed by atoms with Crippen LogP contribution in [0.25, 0.3) is 0 Å². The molecule has 0 aliphatic heterocycles. The van der Waals surface area contributed by atoms with Gasteiger partial charge >= 0.3 is 0 Å². The lowest BCUT2D eigenvalue weighted by Gasteiger charge is -2.11. The fourth-order valence-electron chi connectivity index (χ4n) is 3.31. The number of hydrogen-bond acceptors (Lipinski definition) is 4. The van der Waals surface area contributed by atoms with Crippen molar-refractivity contribution in [2.75, 3.05) is 12.4 Å². The van der Waals surface area contributed by atoms with Gasteiger partial charge in [-0.25, -0.2) is 9.07 Å². The molecular weight excluding hydrogens is 445 g/mol. The molecule has 0 aliphatic rings. The Hall–Kier alpha value is -3.84. The molecule has 1 aromatic heterocycles. The molecule has 8 heteroatoms. The Bertz CT molecular complexity index is 1270. The number of nitrogens with one attached hydrogen (secondary N) is 1. The number of carbonyl (C=O) groups excluding carboxylic acids is 1. The lowest BCUT2D eigenvalue weighted by atomic mass is 10.2. The second-order valence-electron chi connectivity index (χ2n) is 7.27. The van der Waals surface area contributed by atoms with Gasteiger partial charge in [-0.1, -0.05) is 35.9 Å². The number of nitrogens with zero attached hydrogens (tertiary/aromatic N) is 2. The van der Waals surface area contributed by atoms with Gasteiger partial charge in [0.25, 0.3) is 5.91 Å². The predicted octanol–water partition coefficient (Wildman–Crippen LogP) is 6.09. The number of aromatic nitrogens is 2. The highest BCUT2D eigenvalue weighted by atomic mass is 35.5. The minimum absolute atomic E-state index is 0.213. The van der Waals surface area contributed by atoms with Crippen LogP contribution in [0.15, 0.2) is 72.8 Å². The summed E-state index contributed by atoms with van der Waals surface area (Å²) in [4.78, 5) is 12.9. The summed E-state index contributed by atoms with van der Waals surface area (Å²) >= 11 is 6.45. The SMILES string of the molecule is COc1ccccc1Oc1ccc(NC(=O)c2c(C)nn(Cc3ccc(F)cc3)c2Cl)cc1. The number of rotatable bonds is 7. The number of ether oxygens (including phenoxy) is 2. The molecule has 0 saturated heterocycles. The van der Waals surface area contributed by atoms with Crippen LogP contribution in [0.1, 0.15) is 21.6 Å². The number of aryl methyl sites for hydroxylation is 1. The van der Waals surface area contributed by atoms with Gasteiger partial charge in [-0.05, 0) is 61.0 Å². The molecular formula is C25H21ClFN3O3. The van der Waals surface area contributed by atoms with Crippen molar-refractivity contribution in [1.82, 2.24) is 9.78 Å². The predicted molar refractivity (Wildman–Crippen MR) is 125 cm³/mol. The van der Waals surface area contributed by atoms with Crippen molar-refractivity contribution >= 4 is 23.2 Å². The van der Waals surface area contributed by atoms with E-state index in [9.17, 15) is 9.18 Å². The van der Waals surface area contributed by atoms with Crippen molar-refractivity contribution in [2.24, 2.45) is 0 Å². The van der Waals surface area contributed by atoms with Gasteiger partial charge in [0.1, 0.15) is 16.7 Å². The summed E-state index contributed by atoms with van der Waals surface area (Å²) in [6, 6.07) is 20.3.